The molecule has 1 amide bonds. The van der Waals surface area contributed by atoms with Crippen molar-refractivity contribution in [3.8, 4) is 11.1 Å². The quantitative estimate of drug-likeness (QED) is 0.729. The Morgan fingerprint density at radius 3 is 2.55 bits per heavy atom. The van der Waals surface area contributed by atoms with Crippen molar-refractivity contribution in [2.75, 3.05) is 5.32 Å². The van der Waals surface area contributed by atoms with Crippen LogP contribution in [0.1, 0.15) is 6.92 Å². The smallest absolute Gasteiger partial charge is 0.221 e. The highest BCUT2D eigenvalue weighted by Gasteiger charge is 2.08. The van der Waals surface area contributed by atoms with Gasteiger partial charge in [-0.25, -0.2) is 0 Å². The Bertz CT molecular complexity index is 869. The molecule has 1 heterocycles. The van der Waals surface area contributed by atoms with Gasteiger partial charge in [-0.1, -0.05) is 12.1 Å². The Morgan fingerprint density at radius 1 is 1.18 bits per heavy atom. The maximum Gasteiger partial charge on any atom is 0.221 e. The first kappa shape index (κ1) is 14.5. The number of rotatable bonds is 3. The van der Waals surface area contributed by atoms with Crippen LogP contribution in [0.5, 0.6) is 0 Å². The Balaban J connectivity index is 2.06. The number of hydrogen-bond acceptors (Lipinski definition) is 3. The van der Waals surface area contributed by atoms with Gasteiger partial charge in [0.1, 0.15) is 0 Å². The molecule has 3 aromatic rings. The average molecular weight is 313 g/mol. The van der Waals surface area contributed by atoms with E-state index in [1.54, 1.807) is 24.3 Å². The summed E-state index contributed by atoms with van der Waals surface area (Å²) in [4.78, 5) is 14.6. The van der Waals surface area contributed by atoms with Crippen LogP contribution in [-0.4, -0.2) is 19.7 Å². The van der Waals surface area contributed by atoms with E-state index in [0.29, 0.717) is 0 Å². The number of nitrogens with one attached hydrogen (secondary N) is 2. The SMILES string of the molecule is CC(=O)Nc1ccc2[nH]cc(-c3ccc(S(=O)[O-])cc3)c2c1. The second kappa shape index (κ2) is 5.75. The number of benzene rings is 2. The number of H-pyrrole nitrogens is 1. The number of anilines is 1. The summed E-state index contributed by atoms with van der Waals surface area (Å²) >= 11 is -2.23. The van der Waals surface area contributed by atoms with Crippen molar-refractivity contribution in [3.05, 3.63) is 48.7 Å². The van der Waals surface area contributed by atoms with Crippen LogP contribution in [0.3, 0.4) is 0 Å². The topological polar surface area (TPSA) is 85.0 Å². The molecule has 2 aromatic carbocycles. The van der Waals surface area contributed by atoms with Crippen LogP contribution in [0, 0.1) is 0 Å². The van der Waals surface area contributed by atoms with E-state index in [1.807, 2.05) is 24.4 Å². The van der Waals surface area contributed by atoms with Gasteiger partial charge in [-0.05, 0) is 47.0 Å². The van der Waals surface area contributed by atoms with Gasteiger partial charge in [-0.3, -0.25) is 9.00 Å². The van der Waals surface area contributed by atoms with Gasteiger partial charge in [-0.15, -0.1) is 0 Å². The molecular formula is C16H13N2O3S-. The van der Waals surface area contributed by atoms with Crippen LogP contribution >= 0.6 is 0 Å². The average Bonchev–Trinajstić information content (AvgIpc) is 2.90. The molecule has 0 aliphatic carbocycles. The van der Waals surface area contributed by atoms with Gasteiger partial charge >= 0.3 is 0 Å². The van der Waals surface area contributed by atoms with Crippen molar-refractivity contribution < 1.29 is 13.6 Å². The molecule has 0 fully saturated rings. The summed E-state index contributed by atoms with van der Waals surface area (Å²) in [7, 11) is 0. The molecule has 5 nitrogen and oxygen atoms in total. The standard InChI is InChI=1S/C16H14N2O3S/c1-10(19)18-12-4-7-16-14(8-12)15(9-17-16)11-2-5-13(6-3-11)22(20)21/h2-9,17H,1H3,(H,18,19)(H,20,21)/p-1. The van der Waals surface area contributed by atoms with Crippen molar-refractivity contribution in [1.82, 2.24) is 4.98 Å². The number of fused-ring (bicyclic) bond motifs is 1. The summed E-state index contributed by atoms with van der Waals surface area (Å²) in [6.07, 6.45) is 1.87. The summed E-state index contributed by atoms with van der Waals surface area (Å²) in [5.41, 5.74) is 3.52. The zero-order valence-electron chi connectivity index (χ0n) is 11.8. The molecule has 0 aliphatic heterocycles. The molecule has 6 heteroatoms. The van der Waals surface area contributed by atoms with Gasteiger partial charge < -0.3 is 14.9 Å². The van der Waals surface area contributed by atoms with Crippen LogP contribution < -0.4 is 5.32 Å². The molecular weight excluding hydrogens is 300 g/mol. The Hall–Kier alpha value is -2.44. The largest absolute Gasteiger partial charge is 0.768 e. The van der Waals surface area contributed by atoms with Gasteiger partial charge in [0.2, 0.25) is 5.91 Å². The highest BCUT2D eigenvalue weighted by atomic mass is 32.2. The van der Waals surface area contributed by atoms with E-state index in [1.165, 1.54) is 6.92 Å². The predicted molar refractivity (Wildman–Crippen MR) is 85.2 cm³/mol. The third-order valence-electron chi connectivity index (χ3n) is 3.36. The molecule has 0 saturated heterocycles. The molecule has 112 valence electrons. The monoisotopic (exact) mass is 313 g/mol. The minimum Gasteiger partial charge on any atom is -0.768 e. The third kappa shape index (κ3) is 2.79. The number of aromatic nitrogens is 1. The van der Waals surface area contributed by atoms with E-state index in [9.17, 15) is 13.6 Å². The van der Waals surface area contributed by atoms with Crippen molar-refractivity contribution >= 4 is 33.6 Å². The first-order valence-corrected chi connectivity index (χ1v) is 7.70. The fraction of sp³-hybridized carbons (Fsp3) is 0.0625. The molecule has 3 rings (SSSR count). The van der Waals surface area contributed by atoms with Crippen LogP contribution in [0.2, 0.25) is 0 Å². The van der Waals surface area contributed by atoms with Crippen molar-refractivity contribution in [3.63, 3.8) is 0 Å². The molecule has 1 unspecified atom stereocenters. The lowest BCUT2D eigenvalue weighted by atomic mass is 10.0. The molecule has 0 aliphatic rings. The molecule has 1 aromatic heterocycles. The number of carbonyl (C=O) groups excluding carboxylic acids is 1. The Kier molecular flexibility index (Phi) is 3.79. The van der Waals surface area contributed by atoms with Gasteiger partial charge in [-0.2, -0.15) is 0 Å². The normalized spacial score (nSPS) is 12.3. The minimum atomic E-state index is -2.23. The van der Waals surface area contributed by atoms with E-state index in [2.05, 4.69) is 10.3 Å². The summed E-state index contributed by atoms with van der Waals surface area (Å²) in [6.45, 7) is 1.46. The summed E-state index contributed by atoms with van der Waals surface area (Å²) in [5.74, 6) is -0.126. The van der Waals surface area contributed by atoms with Gasteiger partial charge in [0, 0.05) is 40.2 Å². The summed E-state index contributed by atoms with van der Waals surface area (Å²) in [5, 5.41) is 3.72. The number of hydrogen-bond donors (Lipinski definition) is 2. The van der Waals surface area contributed by atoms with E-state index in [0.717, 1.165) is 27.7 Å². The fourth-order valence-electron chi connectivity index (χ4n) is 2.39. The third-order valence-corrected chi connectivity index (χ3v) is 4.02. The lowest BCUT2D eigenvalue weighted by molar-refractivity contribution is -0.114. The first-order chi connectivity index (χ1) is 10.5. The van der Waals surface area contributed by atoms with Gasteiger partial charge in [0.25, 0.3) is 0 Å². The Morgan fingerprint density at radius 2 is 1.91 bits per heavy atom. The molecule has 0 bridgehead atoms. The van der Waals surface area contributed by atoms with Gasteiger partial charge in [0.05, 0.1) is 0 Å². The minimum absolute atomic E-state index is 0.126. The second-order valence-electron chi connectivity index (χ2n) is 4.90. The van der Waals surface area contributed by atoms with E-state index < -0.39 is 11.1 Å². The van der Waals surface area contributed by atoms with Gasteiger partial charge in [0.15, 0.2) is 0 Å². The highest BCUT2D eigenvalue weighted by molar-refractivity contribution is 7.79. The molecule has 1 atom stereocenters. The molecule has 0 radical (unpaired) electrons. The molecule has 0 spiro atoms. The van der Waals surface area contributed by atoms with Crippen LogP contribution in [-0.2, 0) is 15.9 Å². The maximum atomic E-state index is 11.2. The van der Waals surface area contributed by atoms with Crippen LogP contribution in [0.15, 0.2) is 53.6 Å². The van der Waals surface area contributed by atoms with Crippen LogP contribution in [0.4, 0.5) is 5.69 Å². The number of carbonyl (C=O) groups is 1. The first-order valence-electron chi connectivity index (χ1n) is 6.63. The lowest BCUT2D eigenvalue weighted by Gasteiger charge is -2.07. The Labute approximate surface area is 129 Å². The van der Waals surface area contributed by atoms with Crippen molar-refractivity contribution in [2.24, 2.45) is 0 Å². The van der Waals surface area contributed by atoms with E-state index >= 15 is 0 Å². The molecule has 2 N–H and O–H groups in total. The summed E-state index contributed by atoms with van der Waals surface area (Å²) in [6, 6.07) is 12.3. The lowest BCUT2D eigenvalue weighted by Crippen LogP contribution is -2.05. The van der Waals surface area contributed by atoms with Crippen LogP contribution in [0.25, 0.3) is 22.0 Å². The van der Waals surface area contributed by atoms with Crippen molar-refractivity contribution in [2.45, 2.75) is 11.8 Å². The molecule has 22 heavy (non-hydrogen) atoms. The maximum absolute atomic E-state index is 11.2. The van der Waals surface area contributed by atoms with E-state index in [4.69, 9.17) is 0 Å². The zero-order valence-corrected chi connectivity index (χ0v) is 12.6. The predicted octanol–water partition coefficient (Wildman–Crippen LogP) is 3.03. The zero-order chi connectivity index (χ0) is 15.7. The summed E-state index contributed by atoms with van der Waals surface area (Å²) < 4.78 is 21.8. The number of amides is 1. The van der Waals surface area contributed by atoms with Crippen molar-refractivity contribution in [1.29, 1.82) is 0 Å². The second-order valence-corrected chi connectivity index (χ2v) is 5.84. The highest BCUT2D eigenvalue weighted by Crippen LogP contribution is 2.31. The molecule has 0 saturated carbocycles. The fourth-order valence-corrected chi connectivity index (χ4v) is 2.74. The van der Waals surface area contributed by atoms with E-state index in [-0.39, 0.29) is 10.8 Å². The number of aromatic amines is 1.